The van der Waals surface area contributed by atoms with Gasteiger partial charge in [0.05, 0.1) is 22.7 Å². The zero-order valence-corrected chi connectivity index (χ0v) is 16.7. The molecule has 28 heavy (non-hydrogen) atoms. The Morgan fingerprint density at radius 3 is 2.75 bits per heavy atom. The van der Waals surface area contributed by atoms with Gasteiger partial charge in [0.1, 0.15) is 6.04 Å². The highest BCUT2D eigenvalue weighted by Crippen LogP contribution is 2.39. The molecule has 0 fully saturated rings. The molecule has 0 bridgehead atoms. The van der Waals surface area contributed by atoms with Crippen LogP contribution < -0.4 is 10.8 Å². The Hall–Kier alpha value is -2.82. The van der Waals surface area contributed by atoms with Gasteiger partial charge in [-0.2, -0.15) is 5.26 Å². The average molecular weight is 395 g/mol. The zero-order chi connectivity index (χ0) is 20.3. The summed E-state index contributed by atoms with van der Waals surface area (Å²) in [4.78, 5) is 30.6. The minimum atomic E-state index is -0.679. The number of rotatable bonds is 3. The molecule has 0 saturated carbocycles. The number of hydrogen-bond acceptors (Lipinski definition) is 6. The van der Waals surface area contributed by atoms with Gasteiger partial charge in [-0.05, 0) is 50.1 Å². The first-order valence-electron chi connectivity index (χ1n) is 8.83. The van der Waals surface area contributed by atoms with Gasteiger partial charge in [-0.1, -0.05) is 24.3 Å². The second-order valence-corrected chi connectivity index (χ2v) is 8.52. The van der Waals surface area contributed by atoms with Crippen molar-refractivity contribution < 1.29 is 14.4 Å². The lowest BCUT2D eigenvalue weighted by molar-refractivity contribution is -0.162. The van der Waals surface area contributed by atoms with Crippen LogP contribution in [-0.2, 0) is 14.4 Å². The number of hydroxylamine groups is 1. The molecule has 1 heterocycles. The van der Waals surface area contributed by atoms with E-state index in [9.17, 15) is 9.59 Å². The fraction of sp³-hybridized carbons (Fsp3) is 0.286. The molecule has 0 spiro atoms. The molecule has 1 atom stereocenters. The molecule has 144 valence electrons. The molecule has 0 aromatic heterocycles. The van der Waals surface area contributed by atoms with Crippen LogP contribution >= 0.6 is 11.8 Å². The fourth-order valence-electron chi connectivity index (χ4n) is 2.60. The first-order chi connectivity index (χ1) is 13.3. The van der Waals surface area contributed by atoms with Crippen LogP contribution in [0.25, 0.3) is 11.1 Å². The molecule has 0 unspecified atom stereocenters. The van der Waals surface area contributed by atoms with Crippen molar-refractivity contribution in [3.8, 4) is 17.2 Å². The summed E-state index contributed by atoms with van der Waals surface area (Å²) in [7, 11) is 0. The number of thioether (sulfide) groups is 1. The highest BCUT2D eigenvalue weighted by atomic mass is 32.2. The summed E-state index contributed by atoms with van der Waals surface area (Å²) < 4.78 is 0. The topological polar surface area (TPSA) is 91.2 Å². The molecule has 1 aliphatic rings. The van der Waals surface area contributed by atoms with E-state index in [4.69, 9.17) is 10.1 Å². The number of carbonyl (C=O) groups is 2. The van der Waals surface area contributed by atoms with Crippen LogP contribution in [-0.4, -0.2) is 23.7 Å². The highest BCUT2D eigenvalue weighted by Gasteiger charge is 2.29. The third-order valence-corrected chi connectivity index (χ3v) is 5.42. The number of carbonyl (C=O) groups excluding carboxylic acids is 2. The molecule has 2 N–H and O–H groups in total. The number of nitrogens with one attached hydrogen (secondary N) is 2. The van der Waals surface area contributed by atoms with E-state index in [2.05, 4.69) is 16.9 Å². The molecule has 0 aliphatic carbocycles. The Balaban J connectivity index is 1.83. The van der Waals surface area contributed by atoms with Crippen LogP contribution in [0.5, 0.6) is 0 Å². The van der Waals surface area contributed by atoms with E-state index in [1.807, 2.05) is 36.4 Å². The van der Waals surface area contributed by atoms with E-state index in [1.54, 1.807) is 26.8 Å². The number of fused-ring (bicyclic) bond motifs is 1. The average Bonchev–Trinajstić information content (AvgIpc) is 2.83. The quantitative estimate of drug-likeness (QED) is 0.770. The first kappa shape index (κ1) is 19.9. The third kappa shape index (κ3) is 4.35. The van der Waals surface area contributed by atoms with Crippen LogP contribution in [0.4, 0.5) is 5.69 Å². The van der Waals surface area contributed by atoms with Gasteiger partial charge in [-0.3, -0.25) is 4.79 Å². The van der Waals surface area contributed by atoms with Gasteiger partial charge >= 0.3 is 5.97 Å². The normalized spacial score (nSPS) is 16.4. The zero-order valence-electron chi connectivity index (χ0n) is 15.9. The van der Waals surface area contributed by atoms with Gasteiger partial charge in [0, 0.05) is 10.6 Å². The second-order valence-electron chi connectivity index (χ2n) is 7.49. The standard InChI is InChI=1S/C21H21N3O3S/c1-21(2,3)20(26)27-24-17-12-28-18-15(8-5-9-16(18)23-19(17)25)14-7-4-6-13(10-14)11-22/h4-10,17,24H,12H2,1-3H3,(H,23,25)/t17-/m0/s1. The van der Waals surface area contributed by atoms with Gasteiger partial charge in [-0.25, -0.2) is 4.79 Å². The van der Waals surface area contributed by atoms with Crippen molar-refractivity contribution in [2.45, 2.75) is 31.7 Å². The summed E-state index contributed by atoms with van der Waals surface area (Å²) in [6.07, 6.45) is 0. The lowest BCUT2D eigenvalue weighted by atomic mass is 9.98. The molecular formula is C21H21N3O3S. The molecule has 1 amide bonds. The number of nitriles is 1. The highest BCUT2D eigenvalue weighted by molar-refractivity contribution is 7.99. The molecule has 2 aromatic rings. The first-order valence-corrected chi connectivity index (χ1v) is 9.82. The summed E-state index contributed by atoms with van der Waals surface area (Å²) >= 11 is 1.50. The summed E-state index contributed by atoms with van der Waals surface area (Å²) in [5.74, 6) is -0.303. The summed E-state index contributed by atoms with van der Waals surface area (Å²) in [5.41, 5.74) is 5.06. The minimum absolute atomic E-state index is 0.268. The molecule has 6 nitrogen and oxygen atoms in total. The van der Waals surface area contributed by atoms with Crippen LogP contribution in [0, 0.1) is 16.7 Å². The van der Waals surface area contributed by atoms with E-state index in [0.29, 0.717) is 17.0 Å². The summed E-state index contributed by atoms with van der Waals surface area (Å²) in [5, 5.41) is 12.1. The van der Waals surface area contributed by atoms with Crippen molar-refractivity contribution >= 4 is 29.3 Å². The Bertz CT molecular complexity index is 960. The van der Waals surface area contributed by atoms with Gasteiger partial charge < -0.3 is 10.2 Å². The molecule has 0 saturated heterocycles. The molecule has 2 aromatic carbocycles. The largest absolute Gasteiger partial charge is 0.369 e. The van der Waals surface area contributed by atoms with Crippen molar-refractivity contribution in [2.24, 2.45) is 5.41 Å². The van der Waals surface area contributed by atoms with Crippen LogP contribution in [0.3, 0.4) is 0 Å². The van der Waals surface area contributed by atoms with Gasteiger partial charge in [0.2, 0.25) is 5.91 Å². The maximum atomic E-state index is 12.6. The maximum Gasteiger partial charge on any atom is 0.330 e. The molecule has 0 radical (unpaired) electrons. The van der Waals surface area contributed by atoms with Crippen molar-refractivity contribution in [2.75, 3.05) is 11.1 Å². The van der Waals surface area contributed by atoms with Crippen LogP contribution in [0.1, 0.15) is 26.3 Å². The van der Waals surface area contributed by atoms with Crippen LogP contribution in [0.2, 0.25) is 0 Å². The number of amides is 1. The number of benzene rings is 2. The minimum Gasteiger partial charge on any atom is -0.369 e. The van der Waals surface area contributed by atoms with Gasteiger partial charge in [-0.15, -0.1) is 17.2 Å². The van der Waals surface area contributed by atoms with Gasteiger partial charge in [0.25, 0.3) is 0 Å². The Morgan fingerprint density at radius 2 is 2.04 bits per heavy atom. The predicted octanol–water partition coefficient (Wildman–Crippen LogP) is 3.73. The van der Waals surface area contributed by atoms with E-state index in [-0.39, 0.29) is 5.91 Å². The Morgan fingerprint density at radius 1 is 1.29 bits per heavy atom. The maximum absolute atomic E-state index is 12.6. The number of hydrogen-bond donors (Lipinski definition) is 2. The summed E-state index contributed by atoms with van der Waals surface area (Å²) in [6, 6.07) is 14.5. The SMILES string of the molecule is CC(C)(C)C(=O)ON[C@H]1CSc2c(cccc2-c2cccc(C#N)c2)NC1=O. The smallest absolute Gasteiger partial charge is 0.330 e. The molecule has 1 aliphatic heterocycles. The van der Waals surface area contributed by atoms with Crippen molar-refractivity contribution in [3.05, 3.63) is 48.0 Å². The number of anilines is 1. The predicted molar refractivity (Wildman–Crippen MR) is 108 cm³/mol. The third-order valence-electron chi connectivity index (χ3n) is 4.19. The lowest BCUT2D eigenvalue weighted by Gasteiger charge is -2.19. The van der Waals surface area contributed by atoms with Crippen LogP contribution in [0.15, 0.2) is 47.4 Å². The van der Waals surface area contributed by atoms with E-state index >= 15 is 0 Å². The second kappa shape index (κ2) is 8.05. The Kier molecular flexibility index (Phi) is 5.73. The van der Waals surface area contributed by atoms with Crippen molar-refractivity contribution in [3.63, 3.8) is 0 Å². The van der Waals surface area contributed by atoms with Crippen molar-refractivity contribution in [1.29, 1.82) is 5.26 Å². The van der Waals surface area contributed by atoms with Crippen molar-refractivity contribution in [1.82, 2.24) is 5.48 Å². The fourth-order valence-corrected chi connectivity index (χ4v) is 3.77. The Labute approximate surface area is 168 Å². The van der Waals surface area contributed by atoms with E-state index < -0.39 is 17.4 Å². The summed E-state index contributed by atoms with van der Waals surface area (Å²) in [6.45, 7) is 5.24. The molecule has 7 heteroatoms. The van der Waals surface area contributed by atoms with Gasteiger partial charge in [0.15, 0.2) is 0 Å². The molecular weight excluding hydrogens is 374 g/mol. The van der Waals surface area contributed by atoms with E-state index in [1.165, 1.54) is 11.8 Å². The van der Waals surface area contributed by atoms with E-state index in [0.717, 1.165) is 16.0 Å². The lowest BCUT2D eigenvalue weighted by Crippen LogP contribution is -2.44. The number of nitrogens with zero attached hydrogens (tertiary/aromatic N) is 1. The molecule has 3 rings (SSSR count). The monoisotopic (exact) mass is 395 g/mol.